The van der Waals surface area contributed by atoms with Gasteiger partial charge in [-0.05, 0) is 18.9 Å². The van der Waals surface area contributed by atoms with Gasteiger partial charge in [0.1, 0.15) is 0 Å². The number of carbonyl (C=O) groups excluding carboxylic acids is 1. The molecule has 0 unspecified atom stereocenters. The van der Waals surface area contributed by atoms with Crippen molar-refractivity contribution < 1.29 is 9.90 Å². The summed E-state index contributed by atoms with van der Waals surface area (Å²) in [7, 11) is 0. The molecule has 0 aromatic heterocycles. The number of rotatable bonds is 6. The van der Waals surface area contributed by atoms with Crippen molar-refractivity contribution in [2.24, 2.45) is 0 Å². The number of allylic oxidation sites excluding steroid dienone is 1. The Morgan fingerprint density at radius 3 is 2.62 bits per heavy atom. The lowest BCUT2D eigenvalue weighted by Crippen LogP contribution is -2.15. The van der Waals surface area contributed by atoms with E-state index >= 15 is 0 Å². The quantitative estimate of drug-likeness (QED) is 0.564. The molecule has 0 aliphatic heterocycles. The first-order valence-electron chi connectivity index (χ1n) is 5.36. The minimum Gasteiger partial charge on any atom is -0.396 e. The third-order valence-corrected chi connectivity index (χ3v) is 2.08. The highest BCUT2D eigenvalue weighted by Crippen LogP contribution is 2.10. The highest BCUT2D eigenvalue weighted by molar-refractivity contribution is 5.94. The Morgan fingerprint density at radius 1 is 1.38 bits per heavy atom. The molecule has 3 nitrogen and oxygen atoms in total. The van der Waals surface area contributed by atoms with E-state index in [1.165, 1.54) is 6.92 Å². The van der Waals surface area contributed by atoms with Gasteiger partial charge in [-0.3, -0.25) is 4.79 Å². The molecule has 0 heterocycles. The van der Waals surface area contributed by atoms with Crippen molar-refractivity contribution in [2.45, 2.75) is 13.3 Å². The second-order valence-corrected chi connectivity index (χ2v) is 3.54. The van der Waals surface area contributed by atoms with E-state index in [9.17, 15) is 4.79 Å². The summed E-state index contributed by atoms with van der Waals surface area (Å²) in [5, 5.41) is 11.9. The van der Waals surface area contributed by atoms with Crippen LogP contribution in [0.1, 0.15) is 18.9 Å². The average Bonchev–Trinajstić information content (AvgIpc) is 2.29. The molecule has 0 spiro atoms. The number of hydrogen-bond acceptors (Lipinski definition) is 3. The van der Waals surface area contributed by atoms with Crippen molar-refractivity contribution in [3.05, 3.63) is 42.0 Å². The number of ketones is 1. The van der Waals surface area contributed by atoms with Crippen LogP contribution in [0.25, 0.3) is 5.70 Å². The van der Waals surface area contributed by atoms with Gasteiger partial charge in [-0.2, -0.15) is 0 Å². The van der Waals surface area contributed by atoms with Crippen LogP contribution in [0, 0.1) is 0 Å². The summed E-state index contributed by atoms with van der Waals surface area (Å²) in [6.45, 7) is 2.33. The molecule has 0 aliphatic carbocycles. The predicted octanol–water partition coefficient (Wildman–Crippen LogP) is 1.59. The fraction of sp³-hybridized carbons (Fsp3) is 0.308. The van der Waals surface area contributed by atoms with Crippen LogP contribution in [-0.4, -0.2) is 24.0 Å². The molecular formula is C13H17NO2. The summed E-state index contributed by atoms with van der Waals surface area (Å²) in [5.74, 6) is 0.00958. The molecule has 0 fully saturated rings. The van der Waals surface area contributed by atoms with Crippen LogP contribution < -0.4 is 5.32 Å². The largest absolute Gasteiger partial charge is 0.396 e. The van der Waals surface area contributed by atoms with Gasteiger partial charge in [0.25, 0.3) is 0 Å². The van der Waals surface area contributed by atoms with Crippen LogP contribution in [0.4, 0.5) is 0 Å². The maximum absolute atomic E-state index is 11.1. The molecular weight excluding hydrogens is 202 g/mol. The van der Waals surface area contributed by atoms with Crippen molar-refractivity contribution >= 4 is 11.5 Å². The normalized spacial score (nSPS) is 11.2. The Morgan fingerprint density at radius 2 is 2.06 bits per heavy atom. The van der Waals surface area contributed by atoms with E-state index in [4.69, 9.17) is 5.11 Å². The van der Waals surface area contributed by atoms with Crippen molar-refractivity contribution in [2.75, 3.05) is 13.2 Å². The van der Waals surface area contributed by atoms with Gasteiger partial charge in [0.05, 0.1) is 0 Å². The molecule has 16 heavy (non-hydrogen) atoms. The first-order valence-corrected chi connectivity index (χ1v) is 5.36. The van der Waals surface area contributed by atoms with Gasteiger partial charge in [0.2, 0.25) is 0 Å². The van der Waals surface area contributed by atoms with Gasteiger partial charge >= 0.3 is 0 Å². The Bertz CT molecular complexity index is 357. The van der Waals surface area contributed by atoms with Gasteiger partial charge in [-0.1, -0.05) is 30.3 Å². The second kappa shape index (κ2) is 6.80. The minimum absolute atomic E-state index is 0.00958. The lowest BCUT2D eigenvalue weighted by atomic mass is 10.1. The molecule has 86 valence electrons. The lowest BCUT2D eigenvalue weighted by Gasteiger charge is -2.10. The topological polar surface area (TPSA) is 49.3 Å². The van der Waals surface area contributed by atoms with E-state index in [0.29, 0.717) is 13.0 Å². The molecule has 0 amide bonds. The van der Waals surface area contributed by atoms with E-state index < -0.39 is 0 Å². The highest BCUT2D eigenvalue weighted by Gasteiger charge is 2.01. The number of nitrogens with one attached hydrogen (secondary N) is 1. The summed E-state index contributed by atoms with van der Waals surface area (Å²) >= 11 is 0. The third-order valence-electron chi connectivity index (χ3n) is 2.08. The lowest BCUT2D eigenvalue weighted by molar-refractivity contribution is -0.112. The highest BCUT2D eigenvalue weighted by atomic mass is 16.3. The molecule has 0 saturated carbocycles. The summed E-state index contributed by atoms with van der Waals surface area (Å²) < 4.78 is 0. The van der Waals surface area contributed by atoms with Crippen LogP contribution in [0.2, 0.25) is 0 Å². The second-order valence-electron chi connectivity index (χ2n) is 3.54. The number of hydrogen-bond donors (Lipinski definition) is 2. The standard InChI is InChI=1S/C13H17NO2/c1-11(16)10-13(14-8-5-9-15)12-6-3-2-4-7-12/h2-4,6-7,10,14-15H,5,8-9H2,1H3/b13-10+. The van der Waals surface area contributed by atoms with E-state index in [2.05, 4.69) is 5.32 Å². The molecule has 0 atom stereocenters. The van der Waals surface area contributed by atoms with Gasteiger partial charge in [-0.15, -0.1) is 0 Å². The molecule has 2 N–H and O–H groups in total. The van der Waals surface area contributed by atoms with Crippen LogP contribution in [0.15, 0.2) is 36.4 Å². The molecule has 0 aliphatic rings. The van der Waals surface area contributed by atoms with Crippen molar-refractivity contribution in [1.82, 2.24) is 5.32 Å². The van der Waals surface area contributed by atoms with E-state index in [1.54, 1.807) is 6.08 Å². The number of carbonyl (C=O) groups is 1. The first-order chi connectivity index (χ1) is 7.74. The summed E-state index contributed by atoms with van der Waals surface area (Å²) in [6.07, 6.45) is 2.24. The molecule has 0 bridgehead atoms. The van der Waals surface area contributed by atoms with Crippen LogP contribution in [0.3, 0.4) is 0 Å². The SMILES string of the molecule is CC(=O)/C=C(/NCCCO)c1ccccc1. The Hall–Kier alpha value is -1.61. The third kappa shape index (κ3) is 4.28. The van der Waals surface area contributed by atoms with Crippen LogP contribution in [0.5, 0.6) is 0 Å². The van der Waals surface area contributed by atoms with E-state index in [1.807, 2.05) is 30.3 Å². The van der Waals surface area contributed by atoms with E-state index in [0.717, 1.165) is 11.3 Å². The van der Waals surface area contributed by atoms with Crippen molar-refractivity contribution in [3.8, 4) is 0 Å². The summed E-state index contributed by atoms with van der Waals surface area (Å²) in [5.41, 5.74) is 1.79. The zero-order valence-corrected chi connectivity index (χ0v) is 9.44. The molecule has 1 aromatic rings. The van der Waals surface area contributed by atoms with Gasteiger partial charge in [-0.25, -0.2) is 0 Å². The van der Waals surface area contributed by atoms with Crippen molar-refractivity contribution in [3.63, 3.8) is 0 Å². The number of benzene rings is 1. The van der Waals surface area contributed by atoms with Crippen LogP contribution in [-0.2, 0) is 4.79 Å². The Balaban J connectivity index is 2.76. The van der Waals surface area contributed by atoms with Gasteiger partial charge in [0.15, 0.2) is 5.78 Å². The fourth-order valence-electron chi connectivity index (χ4n) is 1.36. The van der Waals surface area contributed by atoms with Gasteiger partial charge in [0, 0.05) is 24.9 Å². The predicted molar refractivity (Wildman–Crippen MR) is 64.8 cm³/mol. The summed E-state index contributed by atoms with van der Waals surface area (Å²) in [6, 6.07) is 9.68. The number of aliphatic hydroxyl groups is 1. The Kier molecular flexibility index (Phi) is 5.29. The molecule has 1 aromatic carbocycles. The maximum Gasteiger partial charge on any atom is 0.154 e. The molecule has 0 radical (unpaired) electrons. The minimum atomic E-state index is 0.00958. The van der Waals surface area contributed by atoms with E-state index in [-0.39, 0.29) is 12.4 Å². The molecule has 1 rings (SSSR count). The number of aliphatic hydroxyl groups excluding tert-OH is 1. The molecule has 0 saturated heterocycles. The van der Waals surface area contributed by atoms with Gasteiger partial charge < -0.3 is 10.4 Å². The maximum atomic E-state index is 11.1. The fourth-order valence-corrected chi connectivity index (χ4v) is 1.36. The van der Waals surface area contributed by atoms with Crippen LogP contribution >= 0.6 is 0 Å². The van der Waals surface area contributed by atoms with Crippen molar-refractivity contribution in [1.29, 1.82) is 0 Å². The monoisotopic (exact) mass is 219 g/mol. The smallest absolute Gasteiger partial charge is 0.154 e. The molecule has 3 heteroatoms. The summed E-state index contributed by atoms with van der Waals surface area (Å²) in [4.78, 5) is 11.1. The average molecular weight is 219 g/mol. The first kappa shape index (κ1) is 12.5. The zero-order valence-electron chi connectivity index (χ0n) is 9.44. The zero-order chi connectivity index (χ0) is 11.8. The Labute approximate surface area is 95.8 Å².